The molecule has 0 saturated heterocycles. The third-order valence-electron chi connectivity index (χ3n) is 4.40. The van der Waals surface area contributed by atoms with Crippen molar-refractivity contribution in [3.8, 4) is 0 Å². The maximum absolute atomic E-state index is 4.76. The minimum Gasteiger partial charge on any atom is -0.357 e. The molecular formula is C22H29N5S. The number of aliphatic imine (C=N–C) groups is 1. The fraction of sp³-hybridized carbons (Fsp3) is 0.364. The molecule has 3 rings (SSSR count). The lowest BCUT2D eigenvalue weighted by Crippen LogP contribution is -2.43. The Balaban J connectivity index is 1.55. The minimum atomic E-state index is 0.327. The van der Waals surface area contributed by atoms with E-state index in [-0.39, 0.29) is 0 Å². The molecule has 3 aromatic rings. The molecule has 6 heteroatoms. The molecule has 2 aromatic heterocycles. The normalized spacial score (nSPS) is 12.8. The van der Waals surface area contributed by atoms with Crippen molar-refractivity contribution in [2.45, 2.75) is 46.3 Å². The number of nitrogens with zero attached hydrogens (tertiary/aromatic N) is 3. The zero-order valence-electron chi connectivity index (χ0n) is 16.9. The molecule has 0 radical (unpaired) electrons. The van der Waals surface area contributed by atoms with Crippen molar-refractivity contribution < 1.29 is 0 Å². The Morgan fingerprint density at radius 1 is 1.18 bits per heavy atom. The molecule has 1 aromatic carbocycles. The molecule has 2 heterocycles. The molecule has 28 heavy (non-hydrogen) atoms. The number of hydrogen-bond donors (Lipinski definition) is 2. The fourth-order valence-electron chi connectivity index (χ4n) is 3.01. The van der Waals surface area contributed by atoms with Crippen LogP contribution in [-0.2, 0) is 19.5 Å². The van der Waals surface area contributed by atoms with Crippen molar-refractivity contribution in [1.29, 1.82) is 0 Å². The predicted octanol–water partition coefficient (Wildman–Crippen LogP) is 3.99. The van der Waals surface area contributed by atoms with Gasteiger partial charge in [0.15, 0.2) is 5.96 Å². The monoisotopic (exact) mass is 395 g/mol. The Kier molecular flexibility index (Phi) is 7.25. The van der Waals surface area contributed by atoms with Gasteiger partial charge in [-0.3, -0.25) is 0 Å². The van der Waals surface area contributed by atoms with Crippen LogP contribution in [0.15, 0.2) is 60.1 Å². The van der Waals surface area contributed by atoms with Crippen LogP contribution >= 0.6 is 11.3 Å². The van der Waals surface area contributed by atoms with Crippen LogP contribution in [-0.4, -0.2) is 28.1 Å². The number of aryl methyl sites for hydroxylation is 1. The van der Waals surface area contributed by atoms with Crippen molar-refractivity contribution in [3.05, 3.63) is 76.0 Å². The first-order valence-electron chi connectivity index (χ1n) is 9.76. The number of benzene rings is 1. The highest BCUT2D eigenvalue weighted by Crippen LogP contribution is 2.16. The average Bonchev–Trinajstić information content (AvgIpc) is 3.33. The van der Waals surface area contributed by atoms with E-state index in [1.165, 1.54) is 20.9 Å². The van der Waals surface area contributed by atoms with E-state index >= 15 is 0 Å². The van der Waals surface area contributed by atoms with Gasteiger partial charge in [-0.1, -0.05) is 24.3 Å². The molecule has 1 unspecified atom stereocenters. The number of guanidine groups is 1. The second-order valence-electron chi connectivity index (χ2n) is 7.01. The lowest BCUT2D eigenvalue weighted by atomic mass is 10.1. The third-order valence-corrected chi connectivity index (χ3v) is 5.42. The van der Waals surface area contributed by atoms with Crippen LogP contribution in [0.5, 0.6) is 0 Å². The summed E-state index contributed by atoms with van der Waals surface area (Å²) in [4.78, 5) is 11.6. The van der Waals surface area contributed by atoms with Crippen LogP contribution < -0.4 is 10.6 Å². The summed E-state index contributed by atoms with van der Waals surface area (Å²) in [5, 5.41) is 6.87. The van der Waals surface area contributed by atoms with E-state index in [1.54, 1.807) is 6.20 Å². The number of thiophene rings is 1. The van der Waals surface area contributed by atoms with E-state index in [0.29, 0.717) is 12.6 Å². The van der Waals surface area contributed by atoms with E-state index < -0.39 is 0 Å². The van der Waals surface area contributed by atoms with Gasteiger partial charge in [0.1, 0.15) is 0 Å². The molecule has 1 atom stereocenters. The summed E-state index contributed by atoms with van der Waals surface area (Å²) in [6.45, 7) is 8.79. The summed E-state index contributed by atoms with van der Waals surface area (Å²) < 4.78 is 2.07. The quantitative estimate of drug-likeness (QED) is 0.448. The molecule has 0 saturated carbocycles. The first-order valence-corrected chi connectivity index (χ1v) is 10.6. The average molecular weight is 396 g/mol. The molecule has 0 aliphatic carbocycles. The Morgan fingerprint density at radius 3 is 2.61 bits per heavy atom. The maximum atomic E-state index is 4.76. The zero-order valence-corrected chi connectivity index (χ0v) is 17.7. The van der Waals surface area contributed by atoms with Gasteiger partial charge in [0, 0.05) is 47.7 Å². The van der Waals surface area contributed by atoms with Crippen molar-refractivity contribution in [1.82, 2.24) is 20.2 Å². The summed E-state index contributed by atoms with van der Waals surface area (Å²) in [6, 6.07) is 13.3. The highest BCUT2D eigenvalue weighted by molar-refractivity contribution is 7.11. The van der Waals surface area contributed by atoms with Gasteiger partial charge >= 0.3 is 0 Å². The van der Waals surface area contributed by atoms with E-state index in [0.717, 1.165) is 25.5 Å². The first-order chi connectivity index (χ1) is 13.6. The second kappa shape index (κ2) is 10.1. The van der Waals surface area contributed by atoms with Crippen molar-refractivity contribution in [2.75, 3.05) is 6.54 Å². The highest BCUT2D eigenvalue weighted by atomic mass is 32.1. The van der Waals surface area contributed by atoms with Crippen molar-refractivity contribution in [2.24, 2.45) is 4.99 Å². The van der Waals surface area contributed by atoms with Gasteiger partial charge in [-0.25, -0.2) is 9.98 Å². The van der Waals surface area contributed by atoms with Gasteiger partial charge in [-0.15, -0.1) is 11.3 Å². The van der Waals surface area contributed by atoms with Gasteiger partial charge in [-0.05, 0) is 44.0 Å². The smallest absolute Gasteiger partial charge is 0.191 e. The largest absolute Gasteiger partial charge is 0.357 e. The van der Waals surface area contributed by atoms with Gasteiger partial charge in [0.2, 0.25) is 0 Å². The zero-order chi connectivity index (χ0) is 19.8. The third kappa shape index (κ3) is 6.23. The predicted molar refractivity (Wildman–Crippen MR) is 118 cm³/mol. The van der Waals surface area contributed by atoms with Crippen molar-refractivity contribution in [3.63, 3.8) is 0 Å². The Morgan fingerprint density at radius 2 is 1.96 bits per heavy atom. The molecule has 2 N–H and O–H groups in total. The van der Waals surface area contributed by atoms with Gasteiger partial charge in [0.05, 0.1) is 12.9 Å². The van der Waals surface area contributed by atoms with Crippen LogP contribution in [0, 0.1) is 6.92 Å². The van der Waals surface area contributed by atoms with Gasteiger partial charge in [-0.2, -0.15) is 0 Å². The first kappa shape index (κ1) is 20.1. The lowest BCUT2D eigenvalue weighted by molar-refractivity contribution is 0.645. The standard InChI is InChI=1S/C22H29N5S/c1-4-24-22(26-17(2)13-21-10-5-18(3)28-21)25-14-19-6-8-20(9-7-19)15-27-12-11-23-16-27/h5-12,16-17H,4,13-15H2,1-3H3,(H2,24,25,26). The molecule has 5 nitrogen and oxygen atoms in total. The Labute approximate surface area is 171 Å². The molecule has 0 fully saturated rings. The number of imidazole rings is 1. The topological polar surface area (TPSA) is 54.2 Å². The van der Waals surface area contributed by atoms with Crippen LogP contribution in [0.1, 0.15) is 34.7 Å². The maximum Gasteiger partial charge on any atom is 0.191 e. The fourth-order valence-corrected chi connectivity index (χ4v) is 4.03. The van der Waals surface area contributed by atoms with Crippen LogP contribution in [0.4, 0.5) is 0 Å². The van der Waals surface area contributed by atoms with E-state index in [1.807, 2.05) is 23.9 Å². The second-order valence-corrected chi connectivity index (χ2v) is 8.38. The van der Waals surface area contributed by atoms with Crippen LogP contribution in [0.3, 0.4) is 0 Å². The number of aromatic nitrogens is 2. The van der Waals surface area contributed by atoms with Gasteiger partial charge in [0.25, 0.3) is 0 Å². The molecule has 0 aliphatic heterocycles. The van der Waals surface area contributed by atoms with Crippen LogP contribution in [0.2, 0.25) is 0 Å². The SMILES string of the molecule is CCNC(=NCc1ccc(Cn2ccnc2)cc1)NC(C)Cc1ccc(C)s1. The van der Waals surface area contributed by atoms with Gasteiger partial charge < -0.3 is 15.2 Å². The van der Waals surface area contributed by atoms with E-state index in [4.69, 9.17) is 4.99 Å². The molecular weight excluding hydrogens is 366 g/mol. The summed E-state index contributed by atoms with van der Waals surface area (Å²) >= 11 is 1.86. The summed E-state index contributed by atoms with van der Waals surface area (Å²) in [7, 11) is 0. The highest BCUT2D eigenvalue weighted by Gasteiger charge is 2.08. The Bertz CT molecular complexity index is 865. The summed E-state index contributed by atoms with van der Waals surface area (Å²) in [5.74, 6) is 0.866. The molecule has 0 amide bonds. The van der Waals surface area contributed by atoms with Crippen molar-refractivity contribution >= 4 is 17.3 Å². The number of rotatable bonds is 8. The minimum absolute atomic E-state index is 0.327. The lowest BCUT2D eigenvalue weighted by Gasteiger charge is -2.17. The molecule has 0 bridgehead atoms. The number of nitrogens with one attached hydrogen (secondary N) is 2. The van der Waals surface area contributed by atoms with Crippen LogP contribution in [0.25, 0.3) is 0 Å². The summed E-state index contributed by atoms with van der Waals surface area (Å²) in [5.41, 5.74) is 2.46. The molecule has 0 aliphatic rings. The van der Waals surface area contributed by atoms with E-state index in [9.17, 15) is 0 Å². The number of hydrogen-bond acceptors (Lipinski definition) is 3. The molecule has 0 spiro atoms. The Hall–Kier alpha value is -2.60. The van der Waals surface area contributed by atoms with E-state index in [2.05, 4.69) is 77.4 Å². The molecule has 148 valence electrons. The summed E-state index contributed by atoms with van der Waals surface area (Å²) in [6.07, 6.45) is 6.63.